The highest BCUT2D eigenvalue weighted by atomic mass is 35.5. The van der Waals surface area contributed by atoms with E-state index < -0.39 is 11.8 Å². The van der Waals surface area contributed by atoms with Crippen molar-refractivity contribution in [3.63, 3.8) is 0 Å². The van der Waals surface area contributed by atoms with Crippen LogP contribution in [0, 0.1) is 0 Å². The van der Waals surface area contributed by atoms with Crippen LogP contribution in [0.2, 0.25) is 5.02 Å². The van der Waals surface area contributed by atoms with Crippen molar-refractivity contribution < 1.29 is 19.1 Å². The Bertz CT molecular complexity index is 866. The molecule has 0 aliphatic heterocycles. The summed E-state index contributed by atoms with van der Waals surface area (Å²) < 4.78 is 10.5. The van der Waals surface area contributed by atoms with Crippen molar-refractivity contribution >= 4 is 29.6 Å². The van der Waals surface area contributed by atoms with E-state index >= 15 is 0 Å². The van der Waals surface area contributed by atoms with Crippen molar-refractivity contribution in [2.24, 2.45) is 5.10 Å². The van der Waals surface area contributed by atoms with E-state index in [0.717, 1.165) is 5.56 Å². The van der Waals surface area contributed by atoms with Gasteiger partial charge in [0.2, 0.25) is 0 Å². The zero-order valence-electron chi connectivity index (χ0n) is 15.3. The monoisotopic (exact) mass is 401 g/mol. The van der Waals surface area contributed by atoms with Crippen LogP contribution in [-0.4, -0.2) is 31.7 Å². The lowest BCUT2D eigenvalue weighted by Gasteiger charge is -2.07. The minimum Gasteiger partial charge on any atom is -0.497 e. The Kier molecular flexibility index (Phi) is 8.05. The molecule has 2 rings (SSSR count). The molecule has 0 heterocycles. The van der Waals surface area contributed by atoms with Gasteiger partial charge in [0.25, 0.3) is 0 Å². The van der Waals surface area contributed by atoms with Crippen LogP contribution in [0.4, 0.5) is 0 Å². The maximum atomic E-state index is 11.9. The maximum Gasteiger partial charge on any atom is 0.329 e. The highest BCUT2D eigenvalue weighted by Gasteiger charge is 2.12. The Hall–Kier alpha value is -3.32. The van der Waals surface area contributed by atoms with Crippen LogP contribution in [0.3, 0.4) is 0 Å². The smallest absolute Gasteiger partial charge is 0.329 e. The minimum atomic E-state index is -0.889. The number of amides is 2. The second kappa shape index (κ2) is 10.7. The Morgan fingerprint density at radius 2 is 1.93 bits per heavy atom. The average molecular weight is 402 g/mol. The second-order valence-electron chi connectivity index (χ2n) is 5.51. The van der Waals surface area contributed by atoms with Gasteiger partial charge in [0.1, 0.15) is 18.1 Å². The number of benzene rings is 2. The van der Waals surface area contributed by atoms with Gasteiger partial charge in [-0.1, -0.05) is 36.4 Å². The molecule has 2 N–H and O–H groups in total. The van der Waals surface area contributed by atoms with E-state index in [2.05, 4.69) is 22.4 Å². The Labute approximate surface area is 168 Å². The van der Waals surface area contributed by atoms with Crippen LogP contribution in [0.15, 0.2) is 60.2 Å². The van der Waals surface area contributed by atoms with E-state index in [1.807, 2.05) is 0 Å². The molecule has 0 aliphatic rings. The number of carbonyl (C=O) groups excluding carboxylic acids is 2. The normalized spacial score (nSPS) is 10.4. The summed E-state index contributed by atoms with van der Waals surface area (Å²) >= 11 is 5.96. The molecule has 2 amide bonds. The van der Waals surface area contributed by atoms with Crippen molar-refractivity contribution in [3.8, 4) is 11.5 Å². The van der Waals surface area contributed by atoms with E-state index in [1.165, 1.54) is 6.21 Å². The van der Waals surface area contributed by atoms with Gasteiger partial charge in [0.15, 0.2) is 0 Å². The molecule has 0 saturated carbocycles. The largest absolute Gasteiger partial charge is 0.497 e. The molecule has 0 aliphatic carbocycles. The fourth-order valence-electron chi connectivity index (χ4n) is 2.12. The molecular weight excluding hydrogens is 382 g/mol. The summed E-state index contributed by atoms with van der Waals surface area (Å²) in [4.78, 5) is 23.7. The second-order valence-corrected chi connectivity index (χ2v) is 5.95. The van der Waals surface area contributed by atoms with Crippen molar-refractivity contribution in [2.45, 2.75) is 6.54 Å². The number of hydrazone groups is 1. The first-order valence-corrected chi connectivity index (χ1v) is 8.68. The fourth-order valence-corrected chi connectivity index (χ4v) is 2.30. The lowest BCUT2D eigenvalue weighted by atomic mass is 10.2. The molecule has 0 bridgehead atoms. The molecule has 0 saturated heterocycles. The molecule has 8 heteroatoms. The number of hydrogen-bond acceptors (Lipinski definition) is 5. The zero-order chi connectivity index (χ0) is 20.4. The molecule has 7 nitrogen and oxygen atoms in total. The predicted octanol–water partition coefficient (Wildman–Crippen LogP) is 2.68. The first kappa shape index (κ1) is 21.0. The zero-order valence-corrected chi connectivity index (χ0v) is 16.0. The van der Waals surface area contributed by atoms with Gasteiger partial charge in [-0.2, -0.15) is 5.10 Å². The molecule has 0 fully saturated rings. The summed E-state index contributed by atoms with van der Waals surface area (Å²) in [5.74, 6) is -0.464. The SMILES string of the molecule is C=CCOc1ccc(Cl)cc1/C=N\NC(=O)C(=O)NCc1ccc(OC)cc1. The van der Waals surface area contributed by atoms with E-state index in [0.29, 0.717) is 28.7 Å². The summed E-state index contributed by atoms with van der Waals surface area (Å²) in [5, 5.41) is 6.78. The molecule has 0 aromatic heterocycles. The van der Waals surface area contributed by atoms with E-state index in [-0.39, 0.29) is 6.54 Å². The minimum absolute atomic E-state index is 0.202. The Morgan fingerprint density at radius 3 is 2.61 bits per heavy atom. The number of nitrogens with zero attached hydrogens (tertiary/aromatic N) is 1. The van der Waals surface area contributed by atoms with Crippen LogP contribution >= 0.6 is 11.6 Å². The van der Waals surface area contributed by atoms with Gasteiger partial charge in [-0.3, -0.25) is 9.59 Å². The number of carbonyl (C=O) groups is 2. The number of ether oxygens (including phenoxy) is 2. The molecule has 2 aromatic carbocycles. The number of methoxy groups -OCH3 is 1. The van der Waals surface area contributed by atoms with Gasteiger partial charge < -0.3 is 14.8 Å². The number of hydrogen-bond donors (Lipinski definition) is 2. The summed E-state index contributed by atoms with van der Waals surface area (Å²) in [6, 6.07) is 12.1. The number of nitrogens with one attached hydrogen (secondary N) is 2. The third kappa shape index (κ3) is 6.44. The molecule has 146 valence electrons. The summed E-state index contributed by atoms with van der Waals surface area (Å²) in [7, 11) is 1.57. The van der Waals surface area contributed by atoms with Crippen LogP contribution in [0.25, 0.3) is 0 Å². The summed E-state index contributed by atoms with van der Waals surface area (Å²) in [6.45, 7) is 4.09. The molecular formula is C20H20ClN3O4. The van der Waals surface area contributed by atoms with Crippen molar-refractivity contribution in [1.82, 2.24) is 10.7 Å². The van der Waals surface area contributed by atoms with Crippen LogP contribution in [0.1, 0.15) is 11.1 Å². The number of rotatable bonds is 8. The van der Waals surface area contributed by atoms with Gasteiger partial charge in [0, 0.05) is 17.1 Å². The molecule has 28 heavy (non-hydrogen) atoms. The van der Waals surface area contributed by atoms with E-state index in [1.54, 1.807) is 55.7 Å². The highest BCUT2D eigenvalue weighted by molar-refractivity contribution is 6.35. The standard InChI is InChI=1S/C20H20ClN3O4/c1-3-10-28-18-9-6-16(21)11-15(18)13-23-24-20(26)19(25)22-12-14-4-7-17(27-2)8-5-14/h3-9,11,13H,1,10,12H2,2H3,(H,22,25)(H,24,26)/b23-13-. The van der Waals surface area contributed by atoms with Crippen molar-refractivity contribution in [1.29, 1.82) is 0 Å². The van der Waals surface area contributed by atoms with Crippen LogP contribution in [0.5, 0.6) is 11.5 Å². The maximum absolute atomic E-state index is 11.9. The molecule has 0 spiro atoms. The quantitative estimate of drug-likeness (QED) is 0.308. The topological polar surface area (TPSA) is 89.0 Å². The molecule has 0 radical (unpaired) electrons. The lowest BCUT2D eigenvalue weighted by molar-refractivity contribution is -0.139. The van der Waals surface area contributed by atoms with E-state index in [4.69, 9.17) is 21.1 Å². The van der Waals surface area contributed by atoms with Crippen molar-refractivity contribution in [3.05, 3.63) is 71.3 Å². The third-order valence-corrected chi connectivity index (χ3v) is 3.75. The average Bonchev–Trinajstić information content (AvgIpc) is 2.71. The van der Waals surface area contributed by atoms with Gasteiger partial charge >= 0.3 is 11.8 Å². The van der Waals surface area contributed by atoms with Gasteiger partial charge in [-0.15, -0.1) is 0 Å². The van der Waals surface area contributed by atoms with Gasteiger partial charge in [0.05, 0.1) is 13.3 Å². The lowest BCUT2D eigenvalue weighted by Crippen LogP contribution is -2.37. The fraction of sp³-hybridized carbons (Fsp3) is 0.150. The van der Waals surface area contributed by atoms with E-state index in [9.17, 15) is 9.59 Å². The van der Waals surface area contributed by atoms with Gasteiger partial charge in [-0.25, -0.2) is 5.43 Å². The van der Waals surface area contributed by atoms with Gasteiger partial charge in [-0.05, 0) is 35.9 Å². The first-order chi connectivity index (χ1) is 13.5. The van der Waals surface area contributed by atoms with Crippen LogP contribution in [-0.2, 0) is 16.1 Å². The highest BCUT2D eigenvalue weighted by Crippen LogP contribution is 2.21. The molecule has 2 aromatic rings. The van der Waals surface area contributed by atoms with Crippen LogP contribution < -0.4 is 20.2 Å². The Balaban J connectivity index is 1.89. The molecule has 0 atom stereocenters. The third-order valence-electron chi connectivity index (χ3n) is 3.52. The number of halogens is 1. The first-order valence-electron chi connectivity index (χ1n) is 8.31. The van der Waals surface area contributed by atoms with Crippen molar-refractivity contribution in [2.75, 3.05) is 13.7 Å². The summed E-state index contributed by atoms with van der Waals surface area (Å²) in [6.07, 6.45) is 2.95. The predicted molar refractivity (Wildman–Crippen MR) is 108 cm³/mol. The Morgan fingerprint density at radius 1 is 1.18 bits per heavy atom. The molecule has 0 unspecified atom stereocenters. The summed E-state index contributed by atoms with van der Waals surface area (Å²) in [5.41, 5.74) is 3.54.